The van der Waals surface area contributed by atoms with Crippen molar-refractivity contribution in [2.75, 3.05) is 25.5 Å². The highest BCUT2D eigenvalue weighted by Crippen LogP contribution is 2.47. The smallest absolute Gasteiger partial charge is 0.450 e. The van der Waals surface area contributed by atoms with E-state index >= 15 is 0 Å². The Morgan fingerprint density at radius 3 is 2.90 bits per heavy atom. The molecule has 6 nitrogen and oxygen atoms in total. The number of carbonyl (C=O) groups is 2. The molecule has 1 aromatic rings. The fraction of sp³-hybridized carbons (Fsp3) is 0.391. The number of rotatable bonds is 4. The number of halogens is 1. The molecule has 0 spiro atoms. The van der Waals surface area contributed by atoms with E-state index in [9.17, 15) is 14.0 Å². The average molecular weight is 412 g/mol. The molecular formula is C23H25FN2O4. The van der Waals surface area contributed by atoms with Gasteiger partial charge in [0, 0.05) is 36.1 Å². The van der Waals surface area contributed by atoms with Gasteiger partial charge in [0.15, 0.2) is 0 Å². The first-order chi connectivity index (χ1) is 14.3. The number of ether oxygens (including phenoxy) is 1. The maximum Gasteiger partial charge on any atom is 0.506 e. The number of allylic oxidation sites excluding steroid dienone is 3. The quantitative estimate of drug-likeness (QED) is 0.441. The van der Waals surface area contributed by atoms with E-state index in [0.29, 0.717) is 11.9 Å². The highest BCUT2D eigenvalue weighted by molar-refractivity contribution is 5.88. The van der Waals surface area contributed by atoms with Gasteiger partial charge in [0.05, 0.1) is 6.04 Å². The van der Waals surface area contributed by atoms with E-state index in [4.69, 9.17) is 5.11 Å². The molecule has 158 valence electrons. The minimum atomic E-state index is -1.42. The molecule has 4 rings (SSSR count). The summed E-state index contributed by atoms with van der Waals surface area (Å²) in [6.45, 7) is 4.08. The van der Waals surface area contributed by atoms with Crippen LogP contribution < -0.4 is 5.32 Å². The zero-order chi connectivity index (χ0) is 21.6. The van der Waals surface area contributed by atoms with Crippen molar-refractivity contribution in [1.29, 1.82) is 0 Å². The summed E-state index contributed by atoms with van der Waals surface area (Å²) in [6, 6.07) is 1.49. The topological polar surface area (TPSA) is 78.9 Å². The highest BCUT2D eigenvalue weighted by Gasteiger charge is 2.39. The number of nitrogens with zero attached hydrogens (tertiary/aromatic N) is 1. The Bertz CT molecular complexity index is 1040. The van der Waals surface area contributed by atoms with Crippen LogP contribution >= 0.6 is 0 Å². The van der Waals surface area contributed by atoms with Gasteiger partial charge in [-0.2, -0.15) is 0 Å². The molecule has 7 heteroatoms. The minimum absolute atomic E-state index is 0.103. The lowest BCUT2D eigenvalue weighted by molar-refractivity contribution is -0.105. The second-order valence-electron chi connectivity index (χ2n) is 8.13. The molecule has 2 N–H and O–H groups in total. The summed E-state index contributed by atoms with van der Waals surface area (Å²) in [5, 5.41) is 12.2. The molecule has 30 heavy (non-hydrogen) atoms. The number of nitrogens with one attached hydrogen (secondary N) is 1. The Labute approximate surface area is 174 Å². The van der Waals surface area contributed by atoms with E-state index in [-0.39, 0.29) is 24.0 Å². The zero-order valence-electron chi connectivity index (χ0n) is 17.3. The molecule has 0 radical (unpaired) electrons. The van der Waals surface area contributed by atoms with Crippen molar-refractivity contribution >= 4 is 23.7 Å². The van der Waals surface area contributed by atoms with Crippen molar-refractivity contribution in [3.05, 3.63) is 57.1 Å². The number of likely N-dealkylation sites (tertiary alicyclic amines) is 1. The number of hydrogen-bond donors (Lipinski definition) is 2. The SMILES string of the molecule is CC(/C=C1/C2Nc3cc(F)c(C)c4c3C(=C2CN1C)CCC4)=C(/C=O)COC(=O)O. The van der Waals surface area contributed by atoms with Crippen LogP contribution in [0.15, 0.2) is 34.6 Å². The van der Waals surface area contributed by atoms with Gasteiger partial charge in [-0.3, -0.25) is 4.79 Å². The Hall–Kier alpha value is -3.09. The number of carboxylic acid groups (broad SMARTS) is 1. The summed E-state index contributed by atoms with van der Waals surface area (Å²) < 4.78 is 19.1. The molecule has 2 heterocycles. The lowest BCUT2D eigenvalue weighted by Gasteiger charge is -2.33. The molecule has 1 aromatic carbocycles. The number of anilines is 1. The molecule has 3 aliphatic rings. The molecule has 1 aliphatic carbocycles. The van der Waals surface area contributed by atoms with Crippen LogP contribution in [0.5, 0.6) is 0 Å². The molecule has 1 fully saturated rings. The largest absolute Gasteiger partial charge is 0.506 e. The molecule has 2 aliphatic heterocycles. The van der Waals surface area contributed by atoms with Gasteiger partial charge in [0.25, 0.3) is 0 Å². The molecule has 0 bridgehead atoms. The Kier molecular flexibility index (Phi) is 5.13. The molecule has 0 amide bonds. The normalized spacial score (nSPS) is 21.7. The van der Waals surface area contributed by atoms with Gasteiger partial charge in [0.1, 0.15) is 18.7 Å². The summed E-state index contributed by atoms with van der Waals surface area (Å²) >= 11 is 0. The molecule has 0 aromatic heterocycles. The van der Waals surface area contributed by atoms with Crippen molar-refractivity contribution < 1.29 is 23.8 Å². The second kappa shape index (κ2) is 7.63. The van der Waals surface area contributed by atoms with Gasteiger partial charge in [-0.25, -0.2) is 9.18 Å². The Morgan fingerprint density at radius 1 is 1.43 bits per heavy atom. The average Bonchev–Trinajstić information content (AvgIpc) is 3.02. The lowest BCUT2D eigenvalue weighted by atomic mass is 9.78. The molecule has 1 saturated heterocycles. The first-order valence-corrected chi connectivity index (χ1v) is 10.1. The van der Waals surface area contributed by atoms with Crippen LogP contribution in [0.2, 0.25) is 0 Å². The standard InChI is InChI=1S/C23H25FN2O4/c1-12(14(10-27)11-30-23(28)29)7-20-22-17(9-26(20)3)16-6-4-5-15-13(2)18(24)8-19(25-22)21(15)16/h7-8,10,22,25H,4-6,9,11H2,1-3H3,(H,28,29)/b14-12+,20-7-. The molecule has 0 saturated carbocycles. The fourth-order valence-corrected chi connectivity index (χ4v) is 4.77. The van der Waals surface area contributed by atoms with E-state index in [1.54, 1.807) is 13.0 Å². The third kappa shape index (κ3) is 3.28. The predicted molar refractivity (Wildman–Crippen MR) is 112 cm³/mol. The highest BCUT2D eigenvalue weighted by atomic mass is 19.1. The Balaban J connectivity index is 1.77. The van der Waals surface area contributed by atoms with Crippen LogP contribution in [0, 0.1) is 12.7 Å². The molecule has 1 unspecified atom stereocenters. The van der Waals surface area contributed by atoms with Crippen molar-refractivity contribution in [1.82, 2.24) is 4.90 Å². The van der Waals surface area contributed by atoms with Crippen LogP contribution in [-0.2, 0) is 16.0 Å². The first-order valence-electron chi connectivity index (χ1n) is 10.1. The van der Waals surface area contributed by atoms with Gasteiger partial charge in [-0.15, -0.1) is 0 Å². The zero-order valence-corrected chi connectivity index (χ0v) is 17.3. The number of carbonyl (C=O) groups excluding carboxylic acids is 1. The number of fused-ring (bicyclic) bond motifs is 1. The van der Waals surface area contributed by atoms with Crippen molar-refractivity contribution in [2.24, 2.45) is 0 Å². The van der Waals surface area contributed by atoms with Crippen molar-refractivity contribution in [2.45, 2.75) is 39.2 Å². The summed E-state index contributed by atoms with van der Waals surface area (Å²) in [6.07, 6.45) is 3.96. The van der Waals surface area contributed by atoms with E-state index in [1.807, 2.05) is 20.0 Å². The third-order valence-electron chi connectivity index (χ3n) is 6.35. The van der Waals surface area contributed by atoms with Gasteiger partial charge in [-0.1, -0.05) is 0 Å². The van der Waals surface area contributed by atoms with E-state index in [0.717, 1.165) is 53.9 Å². The van der Waals surface area contributed by atoms with Crippen LogP contribution in [0.1, 0.15) is 36.5 Å². The molecule has 1 atom stereocenters. The maximum absolute atomic E-state index is 14.5. The van der Waals surface area contributed by atoms with Crippen LogP contribution in [-0.4, -0.2) is 48.7 Å². The third-order valence-corrected chi connectivity index (χ3v) is 6.35. The van der Waals surface area contributed by atoms with Gasteiger partial charge < -0.3 is 20.1 Å². The van der Waals surface area contributed by atoms with Crippen LogP contribution in [0.25, 0.3) is 5.57 Å². The van der Waals surface area contributed by atoms with Crippen molar-refractivity contribution in [3.63, 3.8) is 0 Å². The predicted octanol–water partition coefficient (Wildman–Crippen LogP) is 4.06. The number of hydrogen-bond acceptors (Lipinski definition) is 5. The maximum atomic E-state index is 14.5. The monoisotopic (exact) mass is 412 g/mol. The lowest BCUT2D eigenvalue weighted by Crippen LogP contribution is -2.28. The van der Waals surface area contributed by atoms with E-state index < -0.39 is 6.16 Å². The Morgan fingerprint density at radius 2 is 2.20 bits per heavy atom. The number of benzene rings is 1. The summed E-state index contributed by atoms with van der Waals surface area (Å²) in [4.78, 5) is 24.2. The molecular weight excluding hydrogens is 387 g/mol. The number of likely N-dealkylation sites (N-methyl/N-ethyl adjacent to an activating group) is 1. The number of aldehydes is 1. The summed E-state index contributed by atoms with van der Waals surface area (Å²) in [5.74, 6) is -0.192. The second-order valence-corrected chi connectivity index (χ2v) is 8.13. The summed E-state index contributed by atoms with van der Waals surface area (Å²) in [7, 11) is 1.99. The van der Waals surface area contributed by atoms with Crippen molar-refractivity contribution in [3.8, 4) is 0 Å². The van der Waals surface area contributed by atoms with E-state index in [2.05, 4.69) is 15.0 Å². The minimum Gasteiger partial charge on any atom is -0.450 e. The van der Waals surface area contributed by atoms with Crippen LogP contribution in [0.3, 0.4) is 0 Å². The van der Waals surface area contributed by atoms with Gasteiger partial charge >= 0.3 is 6.16 Å². The van der Waals surface area contributed by atoms with Crippen LogP contribution in [0.4, 0.5) is 14.9 Å². The first kappa shape index (κ1) is 20.2. The summed E-state index contributed by atoms with van der Waals surface area (Å²) in [5.41, 5.74) is 8.30. The fourth-order valence-electron chi connectivity index (χ4n) is 4.77. The van der Waals surface area contributed by atoms with E-state index in [1.165, 1.54) is 11.1 Å². The van der Waals surface area contributed by atoms with Gasteiger partial charge in [0.2, 0.25) is 0 Å². The van der Waals surface area contributed by atoms with Gasteiger partial charge in [-0.05, 0) is 73.1 Å².